The zero-order valence-corrected chi connectivity index (χ0v) is 19.3. The van der Waals surface area contributed by atoms with Gasteiger partial charge in [0.1, 0.15) is 25.6 Å². The van der Waals surface area contributed by atoms with Gasteiger partial charge in [-0.3, -0.25) is 9.69 Å². The first-order valence-corrected chi connectivity index (χ1v) is 11.4. The van der Waals surface area contributed by atoms with Crippen LogP contribution in [-0.4, -0.2) is 70.6 Å². The lowest BCUT2D eigenvalue weighted by Gasteiger charge is -2.31. The first kappa shape index (κ1) is 23.2. The number of methoxy groups -OCH3 is 1. The lowest BCUT2D eigenvalue weighted by Crippen LogP contribution is -2.38. The fourth-order valence-electron chi connectivity index (χ4n) is 4.05. The minimum atomic E-state index is -0.213. The second kappa shape index (κ2) is 11.2. The minimum absolute atomic E-state index is 0.213. The predicted octanol–water partition coefficient (Wildman–Crippen LogP) is 2.89. The molecule has 1 fully saturated rings. The molecule has 0 aromatic heterocycles. The molecule has 0 spiro atoms. The number of amides is 1. The zero-order chi connectivity index (χ0) is 23.0. The van der Waals surface area contributed by atoms with E-state index >= 15 is 0 Å². The van der Waals surface area contributed by atoms with E-state index in [-0.39, 0.29) is 5.91 Å². The molecular weight excluding hydrogens is 424 g/mol. The Hall–Kier alpha value is -2.97. The highest BCUT2D eigenvalue weighted by atomic mass is 16.6. The molecule has 2 heterocycles. The number of rotatable bonds is 9. The number of nitrogens with one attached hydrogen (secondary N) is 1. The van der Waals surface area contributed by atoms with Gasteiger partial charge in [0.25, 0.3) is 5.91 Å². The third-order valence-electron chi connectivity index (χ3n) is 5.97. The Labute approximate surface area is 194 Å². The van der Waals surface area contributed by atoms with Crippen molar-refractivity contribution in [2.75, 3.05) is 53.7 Å². The fourth-order valence-corrected chi connectivity index (χ4v) is 4.05. The number of hydrogen-bond acceptors (Lipinski definition) is 7. The Morgan fingerprint density at radius 3 is 2.76 bits per heavy atom. The highest BCUT2D eigenvalue weighted by molar-refractivity contribution is 5.95. The van der Waals surface area contributed by atoms with E-state index < -0.39 is 0 Å². The molecule has 0 radical (unpaired) electrons. The normalized spacial score (nSPS) is 15.8. The number of likely N-dealkylation sites (N-methyl/N-ethyl adjacent to an activating group) is 1. The van der Waals surface area contributed by atoms with Crippen LogP contribution in [0.3, 0.4) is 0 Å². The number of benzene rings is 2. The Balaban J connectivity index is 1.29. The van der Waals surface area contributed by atoms with Gasteiger partial charge in [0.2, 0.25) is 5.75 Å². The highest BCUT2D eigenvalue weighted by Crippen LogP contribution is 2.40. The number of fused-ring (bicyclic) bond motifs is 1. The molecule has 0 atom stereocenters. The SMILES string of the molecule is COc1cc(C(=O)NCc2cccc(OCCN(C)C3CCOCC3)c2)cc2c1OCCO2. The van der Waals surface area contributed by atoms with Gasteiger partial charge in [0.05, 0.1) is 7.11 Å². The van der Waals surface area contributed by atoms with Gasteiger partial charge in [-0.2, -0.15) is 0 Å². The maximum Gasteiger partial charge on any atom is 0.251 e. The van der Waals surface area contributed by atoms with Gasteiger partial charge in [-0.1, -0.05) is 12.1 Å². The van der Waals surface area contributed by atoms with Crippen LogP contribution in [0.5, 0.6) is 23.0 Å². The average Bonchev–Trinajstić information content (AvgIpc) is 2.87. The molecular formula is C25H32N2O6. The van der Waals surface area contributed by atoms with Crippen LogP contribution in [0.25, 0.3) is 0 Å². The summed E-state index contributed by atoms with van der Waals surface area (Å²) in [5.74, 6) is 2.12. The summed E-state index contributed by atoms with van der Waals surface area (Å²) in [5.41, 5.74) is 1.42. The van der Waals surface area contributed by atoms with Crippen LogP contribution < -0.4 is 24.3 Å². The average molecular weight is 457 g/mol. The van der Waals surface area contributed by atoms with Gasteiger partial charge in [0, 0.05) is 37.9 Å². The molecule has 8 nitrogen and oxygen atoms in total. The number of carbonyl (C=O) groups excluding carboxylic acids is 1. The maximum atomic E-state index is 12.7. The van der Waals surface area contributed by atoms with Crippen molar-refractivity contribution in [2.45, 2.75) is 25.4 Å². The summed E-state index contributed by atoms with van der Waals surface area (Å²) in [6.45, 7) is 4.43. The number of carbonyl (C=O) groups is 1. The standard InChI is InChI=1S/C25H32N2O6/c1-27(20-6-9-30-10-7-20)8-11-31-21-5-3-4-18(14-21)17-26-25(28)19-15-22(29-2)24-23(16-19)32-12-13-33-24/h3-5,14-16,20H,6-13,17H2,1-2H3,(H,26,28). The summed E-state index contributed by atoms with van der Waals surface area (Å²) in [6.07, 6.45) is 2.14. The number of ether oxygens (including phenoxy) is 5. The summed E-state index contributed by atoms with van der Waals surface area (Å²) in [4.78, 5) is 15.1. The van der Waals surface area contributed by atoms with Gasteiger partial charge in [-0.05, 0) is 49.7 Å². The second-order valence-electron chi connectivity index (χ2n) is 8.21. The summed E-state index contributed by atoms with van der Waals surface area (Å²) in [6, 6.07) is 11.7. The van der Waals surface area contributed by atoms with Gasteiger partial charge < -0.3 is 29.0 Å². The van der Waals surface area contributed by atoms with Crippen molar-refractivity contribution in [2.24, 2.45) is 0 Å². The zero-order valence-electron chi connectivity index (χ0n) is 19.3. The molecule has 2 aromatic rings. The van der Waals surface area contributed by atoms with E-state index in [0.717, 1.165) is 43.9 Å². The lowest BCUT2D eigenvalue weighted by molar-refractivity contribution is 0.0392. The Morgan fingerprint density at radius 2 is 1.94 bits per heavy atom. The van der Waals surface area contributed by atoms with E-state index in [0.29, 0.717) is 55.2 Å². The highest BCUT2D eigenvalue weighted by Gasteiger charge is 2.21. The molecule has 1 amide bonds. The Bertz CT molecular complexity index is 927. The van der Waals surface area contributed by atoms with Crippen LogP contribution in [0, 0.1) is 0 Å². The van der Waals surface area contributed by atoms with E-state index in [1.54, 1.807) is 19.2 Å². The van der Waals surface area contributed by atoms with Crippen molar-refractivity contribution in [1.29, 1.82) is 0 Å². The van der Waals surface area contributed by atoms with Gasteiger partial charge >= 0.3 is 0 Å². The molecule has 1 N–H and O–H groups in total. The van der Waals surface area contributed by atoms with Crippen LogP contribution in [-0.2, 0) is 11.3 Å². The summed E-state index contributed by atoms with van der Waals surface area (Å²) < 4.78 is 28.0. The van der Waals surface area contributed by atoms with Gasteiger partial charge in [-0.25, -0.2) is 0 Å². The molecule has 0 saturated carbocycles. The molecule has 0 unspecified atom stereocenters. The first-order valence-electron chi connectivity index (χ1n) is 11.4. The molecule has 2 aliphatic heterocycles. The van der Waals surface area contributed by atoms with Crippen molar-refractivity contribution in [3.8, 4) is 23.0 Å². The van der Waals surface area contributed by atoms with E-state index in [2.05, 4.69) is 17.3 Å². The van der Waals surface area contributed by atoms with Crippen molar-refractivity contribution < 1.29 is 28.5 Å². The molecule has 8 heteroatoms. The van der Waals surface area contributed by atoms with E-state index in [1.165, 1.54) is 0 Å². The van der Waals surface area contributed by atoms with Crippen LogP contribution in [0.15, 0.2) is 36.4 Å². The molecule has 0 bridgehead atoms. The summed E-state index contributed by atoms with van der Waals surface area (Å²) in [7, 11) is 3.68. The number of nitrogens with zero attached hydrogens (tertiary/aromatic N) is 1. The topological polar surface area (TPSA) is 78.5 Å². The predicted molar refractivity (Wildman–Crippen MR) is 124 cm³/mol. The van der Waals surface area contributed by atoms with E-state index in [9.17, 15) is 4.79 Å². The van der Waals surface area contributed by atoms with E-state index in [1.807, 2.05) is 24.3 Å². The van der Waals surface area contributed by atoms with Crippen molar-refractivity contribution in [1.82, 2.24) is 10.2 Å². The monoisotopic (exact) mass is 456 g/mol. The molecule has 1 saturated heterocycles. The summed E-state index contributed by atoms with van der Waals surface area (Å²) >= 11 is 0. The van der Waals surface area contributed by atoms with Crippen LogP contribution in [0.2, 0.25) is 0 Å². The fraction of sp³-hybridized carbons (Fsp3) is 0.480. The smallest absolute Gasteiger partial charge is 0.251 e. The first-order chi connectivity index (χ1) is 16.1. The summed E-state index contributed by atoms with van der Waals surface area (Å²) in [5, 5.41) is 2.95. The quantitative estimate of drug-likeness (QED) is 0.622. The third kappa shape index (κ3) is 6.09. The molecule has 0 aliphatic carbocycles. The van der Waals surface area contributed by atoms with Crippen molar-refractivity contribution >= 4 is 5.91 Å². The Kier molecular flexibility index (Phi) is 7.91. The molecule has 33 heavy (non-hydrogen) atoms. The molecule has 4 rings (SSSR count). The molecule has 2 aromatic carbocycles. The molecule has 2 aliphatic rings. The van der Waals surface area contributed by atoms with Crippen LogP contribution in [0.1, 0.15) is 28.8 Å². The van der Waals surface area contributed by atoms with Gasteiger partial charge in [-0.15, -0.1) is 0 Å². The van der Waals surface area contributed by atoms with Gasteiger partial charge in [0.15, 0.2) is 11.5 Å². The number of hydrogen-bond donors (Lipinski definition) is 1. The lowest BCUT2D eigenvalue weighted by atomic mass is 10.1. The third-order valence-corrected chi connectivity index (χ3v) is 5.97. The molecule has 178 valence electrons. The maximum absolute atomic E-state index is 12.7. The second-order valence-corrected chi connectivity index (χ2v) is 8.21. The van der Waals surface area contributed by atoms with Crippen LogP contribution >= 0.6 is 0 Å². The Morgan fingerprint density at radius 1 is 1.12 bits per heavy atom. The largest absolute Gasteiger partial charge is 0.493 e. The van der Waals surface area contributed by atoms with Crippen molar-refractivity contribution in [3.05, 3.63) is 47.5 Å². The van der Waals surface area contributed by atoms with E-state index in [4.69, 9.17) is 23.7 Å². The minimum Gasteiger partial charge on any atom is -0.493 e. The van der Waals surface area contributed by atoms with Crippen molar-refractivity contribution in [3.63, 3.8) is 0 Å². The van der Waals surface area contributed by atoms with Crippen LogP contribution in [0.4, 0.5) is 0 Å².